The molecular formula is C17H28F2IN3O4S. The van der Waals surface area contributed by atoms with Gasteiger partial charge in [0.05, 0.1) is 18.9 Å². The maximum absolute atomic E-state index is 12.8. The molecule has 1 rings (SSSR count). The van der Waals surface area contributed by atoms with Gasteiger partial charge in [0.25, 0.3) is 0 Å². The molecule has 2 N–H and O–H groups in total. The lowest BCUT2D eigenvalue weighted by Gasteiger charge is -2.15. The van der Waals surface area contributed by atoms with E-state index in [4.69, 9.17) is 4.74 Å². The predicted molar refractivity (Wildman–Crippen MR) is 117 cm³/mol. The Balaban J connectivity index is 0.00000729. The Kier molecular flexibility index (Phi) is 13.1. The Labute approximate surface area is 182 Å². The van der Waals surface area contributed by atoms with E-state index in [1.807, 2.05) is 6.92 Å². The number of alkyl halides is 2. The van der Waals surface area contributed by atoms with Crippen molar-refractivity contribution in [3.05, 3.63) is 23.8 Å². The summed E-state index contributed by atoms with van der Waals surface area (Å²) in [4.78, 5) is 4.32. The zero-order valence-electron chi connectivity index (χ0n) is 16.2. The van der Waals surface area contributed by atoms with E-state index < -0.39 is 16.4 Å². The minimum atomic E-state index is -3.09. The van der Waals surface area contributed by atoms with E-state index in [9.17, 15) is 17.2 Å². The number of ether oxygens (including phenoxy) is 2. The van der Waals surface area contributed by atoms with Crippen molar-refractivity contribution in [2.24, 2.45) is 4.99 Å². The van der Waals surface area contributed by atoms with E-state index in [-0.39, 0.29) is 60.1 Å². The molecule has 0 amide bonds. The molecule has 0 atom stereocenters. The maximum atomic E-state index is 12.8. The summed E-state index contributed by atoms with van der Waals surface area (Å²) in [5.74, 6) is 0.600. The molecule has 0 radical (unpaired) electrons. The fourth-order valence-electron chi connectivity index (χ4n) is 2.15. The third-order valence-electron chi connectivity index (χ3n) is 3.46. The molecule has 0 unspecified atom stereocenters. The quantitative estimate of drug-likeness (QED) is 0.258. The summed E-state index contributed by atoms with van der Waals surface area (Å²) in [6.07, 6.45) is 0. The highest BCUT2D eigenvalue weighted by atomic mass is 127. The number of halogens is 3. The highest BCUT2D eigenvalue weighted by Crippen LogP contribution is 2.33. The number of para-hydroxylation sites is 1. The Morgan fingerprint density at radius 2 is 1.93 bits per heavy atom. The van der Waals surface area contributed by atoms with E-state index in [1.54, 1.807) is 32.0 Å². The number of hydrogen-bond acceptors (Lipinski definition) is 5. The topological polar surface area (TPSA) is 89.0 Å². The lowest BCUT2D eigenvalue weighted by atomic mass is 10.2. The van der Waals surface area contributed by atoms with Crippen LogP contribution in [-0.2, 0) is 16.4 Å². The molecule has 0 saturated carbocycles. The van der Waals surface area contributed by atoms with Crippen LogP contribution in [0.15, 0.2) is 23.2 Å². The molecule has 162 valence electrons. The van der Waals surface area contributed by atoms with Gasteiger partial charge in [-0.3, -0.25) is 0 Å². The molecular weight excluding hydrogens is 507 g/mol. The zero-order valence-corrected chi connectivity index (χ0v) is 19.4. The summed E-state index contributed by atoms with van der Waals surface area (Å²) in [7, 11) is -3.09. The lowest BCUT2D eigenvalue weighted by molar-refractivity contribution is -0.0520. The molecule has 11 heteroatoms. The molecule has 0 aliphatic carbocycles. The largest absolute Gasteiger partial charge is 0.490 e. The zero-order chi connectivity index (χ0) is 20.3. The number of hydrogen-bond donors (Lipinski definition) is 2. The summed E-state index contributed by atoms with van der Waals surface area (Å²) in [6.45, 7) is 3.33. The predicted octanol–water partition coefficient (Wildman–Crippen LogP) is 2.79. The third-order valence-corrected chi connectivity index (χ3v) is 5.17. The van der Waals surface area contributed by atoms with Gasteiger partial charge in [0.1, 0.15) is 0 Å². The number of benzene rings is 1. The first kappa shape index (κ1) is 26.6. The van der Waals surface area contributed by atoms with E-state index in [1.165, 1.54) is 0 Å². The van der Waals surface area contributed by atoms with Gasteiger partial charge in [0.15, 0.2) is 27.3 Å². The number of aliphatic imine (C=N–C) groups is 1. The summed E-state index contributed by atoms with van der Waals surface area (Å²) in [6, 6.07) is 4.84. The van der Waals surface area contributed by atoms with Crippen molar-refractivity contribution in [2.75, 3.05) is 31.2 Å². The van der Waals surface area contributed by atoms with Crippen molar-refractivity contribution in [1.29, 1.82) is 0 Å². The first-order valence-electron chi connectivity index (χ1n) is 8.75. The number of rotatable bonds is 11. The maximum Gasteiger partial charge on any atom is 0.387 e. The molecule has 0 aliphatic rings. The third kappa shape index (κ3) is 9.71. The van der Waals surface area contributed by atoms with Crippen molar-refractivity contribution in [2.45, 2.75) is 33.9 Å². The highest BCUT2D eigenvalue weighted by Gasteiger charge is 2.15. The molecule has 0 spiro atoms. The van der Waals surface area contributed by atoms with Crippen LogP contribution in [0.3, 0.4) is 0 Å². The Morgan fingerprint density at radius 3 is 2.50 bits per heavy atom. The van der Waals surface area contributed by atoms with Crippen LogP contribution >= 0.6 is 24.0 Å². The minimum absolute atomic E-state index is 0. The summed E-state index contributed by atoms with van der Waals surface area (Å²) >= 11 is 0. The van der Waals surface area contributed by atoms with Crippen LogP contribution in [-0.4, -0.2) is 52.2 Å². The lowest BCUT2D eigenvalue weighted by Crippen LogP contribution is -2.39. The van der Waals surface area contributed by atoms with E-state index in [0.717, 1.165) is 0 Å². The number of sulfone groups is 1. The fourth-order valence-corrected chi connectivity index (χ4v) is 2.85. The smallest absolute Gasteiger partial charge is 0.387 e. The first-order valence-corrected chi connectivity index (χ1v) is 10.6. The van der Waals surface area contributed by atoms with Crippen LogP contribution in [0.2, 0.25) is 0 Å². The molecule has 7 nitrogen and oxygen atoms in total. The molecule has 0 aliphatic heterocycles. The van der Waals surface area contributed by atoms with Crippen LogP contribution in [0.4, 0.5) is 8.78 Å². The molecule has 28 heavy (non-hydrogen) atoms. The van der Waals surface area contributed by atoms with Crippen LogP contribution in [0.5, 0.6) is 11.5 Å². The second kappa shape index (κ2) is 13.7. The Morgan fingerprint density at radius 1 is 1.21 bits per heavy atom. The number of nitrogens with one attached hydrogen (secondary N) is 2. The van der Waals surface area contributed by atoms with Gasteiger partial charge in [-0.15, -0.1) is 24.0 Å². The molecule has 0 bridgehead atoms. The van der Waals surface area contributed by atoms with Gasteiger partial charge in [0.2, 0.25) is 0 Å². The van der Waals surface area contributed by atoms with Gasteiger partial charge < -0.3 is 20.1 Å². The molecule has 0 fully saturated rings. The second-order valence-corrected chi connectivity index (χ2v) is 7.89. The normalized spacial score (nSPS) is 11.7. The van der Waals surface area contributed by atoms with Gasteiger partial charge in [-0.05, 0) is 19.9 Å². The Hall–Kier alpha value is -1.37. The molecule has 0 heterocycles. The first-order chi connectivity index (χ1) is 12.8. The number of nitrogens with zero attached hydrogens (tertiary/aromatic N) is 1. The minimum Gasteiger partial charge on any atom is -0.490 e. The molecule has 0 aromatic heterocycles. The summed E-state index contributed by atoms with van der Waals surface area (Å²) in [5.41, 5.74) is 0.430. The van der Waals surface area contributed by atoms with Gasteiger partial charge in [-0.2, -0.15) is 8.78 Å². The average Bonchev–Trinajstić information content (AvgIpc) is 2.61. The van der Waals surface area contributed by atoms with Crippen LogP contribution < -0.4 is 20.1 Å². The van der Waals surface area contributed by atoms with E-state index >= 15 is 0 Å². The van der Waals surface area contributed by atoms with Gasteiger partial charge in [-0.25, -0.2) is 13.4 Å². The van der Waals surface area contributed by atoms with E-state index in [0.29, 0.717) is 24.7 Å². The van der Waals surface area contributed by atoms with E-state index in [2.05, 4.69) is 20.4 Å². The summed E-state index contributed by atoms with van der Waals surface area (Å²) in [5, 5.41) is 5.90. The molecule has 1 aromatic rings. The summed E-state index contributed by atoms with van der Waals surface area (Å²) < 4.78 is 58.6. The van der Waals surface area contributed by atoms with Crippen molar-refractivity contribution in [1.82, 2.24) is 10.6 Å². The fraction of sp³-hybridized carbons (Fsp3) is 0.588. The van der Waals surface area contributed by atoms with Gasteiger partial charge in [-0.1, -0.05) is 19.1 Å². The average molecular weight is 535 g/mol. The van der Waals surface area contributed by atoms with Crippen LogP contribution in [0.1, 0.15) is 26.3 Å². The molecule has 1 aromatic carbocycles. The monoisotopic (exact) mass is 535 g/mol. The van der Waals surface area contributed by atoms with Crippen molar-refractivity contribution in [3.8, 4) is 11.5 Å². The molecule has 0 saturated heterocycles. The van der Waals surface area contributed by atoms with Crippen molar-refractivity contribution >= 4 is 39.8 Å². The van der Waals surface area contributed by atoms with Gasteiger partial charge >= 0.3 is 6.61 Å². The SMILES string of the molecule is CCNC(=NCc1cccc(OCC)c1OC(F)F)NCCS(=O)(=O)CC.I. The van der Waals surface area contributed by atoms with Gasteiger partial charge in [0, 0.05) is 24.4 Å². The highest BCUT2D eigenvalue weighted by molar-refractivity contribution is 14.0. The number of guanidine groups is 1. The standard InChI is InChI=1S/C17H27F2N3O4S.HI/c1-4-20-17(21-10-11-27(23,24)6-3)22-12-13-8-7-9-14(25-5-2)15(13)26-16(18)19;/h7-9,16H,4-6,10-12H2,1-3H3,(H2,20,21,22);1H. The van der Waals surface area contributed by atoms with Crippen LogP contribution in [0, 0.1) is 0 Å². The van der Waals surface area contributed by atoms with Crippen molar-refractivity contribution < 1.29 is 26.7 Å². The Bertz CT molecular complexity index is 718. The van der Waals surface area contributed by atoms with Crippen molar-refractivity contribution in [3.63, 3.8) is 0 Å². The van der Waals surface area contributed by atoms with Crippen LogP contribution in [0.25, 0.3) is 0 Å². The second-order valence-electron chi connectivity index (χ2n) is 5.41.